The van der Waals surface area contributed by atoms with E-state index >= 15 is 0 Å². The number of furan rings is 1. The molecule has 156 valence electrons. The quantitative estimate of drug-likeness (QED) is 0.639. The van der Waals surface area contributed by atoms with Crippen LogP contribution in [-0.2, 0) is 10.0 Å². The Kier molecular flexibility index (Phi) is 6.61. The Bertz CT molecular complexity index is 1010. The maximum absolute atomic E-state index is 12.6. The van der Waals surface area contributed by atoms with Crippen molar-refractivity contribution < 1.29 is 22.4 Å². The molecule has 0 bridgehead atoms. The third-order valence-electron chi connectivity index (χ3n) is 4.75. The lowest BCUT2D eigenvalue weighted by atomic mass is 9.95. The van der Waals surface area contributed by atoms with Gasteiger partial charge in [-0.25, -0.2) is 13.1 Å². The summed E-state index contributed by atoms with van der Waals surface area (Å²) in [6.45, 7) is 0. The van der Waals surface area contributed by atoms with Gasteiger partial charge in [0.25, 0.3) is 21.8 Å². The monoisotopic (exact) mass is 439 g/mol. The van der Waals surface area contributed by atoms with Crippen molar-refractivity contribution in [3.05, 3.63) is 46.7 Å². The van der Waals surface area contributed by atoms with Gasteiger partial charge in [0.05, 0.1) is 10.6 Å². The molecule has 8 nitrogen and oxygen atoms in total. The first kappa shape index (κ1) is 21.4. The number of benzene rings is 1. The van der Waals surface area contributed by atoms with Gasteiger partial charge < -0.3 is 15.1 Å². The molecule has 1 heterocycles. The van der Waals surface area contributed by atoms with E-state index in [0.29, 0.717) is 5.69 Å². The van der Waals surface area contributed by atoms with Gasteiger partial charge in [0.1, 0.15) is 0 Å². The van der Waals surface area contributed by atoms with Gasteiger partial charge in [-0.05, 0) is 50.2 Å². The average Bonchev–Trinajstić information content (AvgIpc) is 3.21. The highest BCUT2D eigenvalue weighted by Gasteiger charge is 2.21. The van der Waals surface area contributed by atoms with Gasteiger partial charge in [0, 0.05) is 11.7 Å². The normalized spacial score (nSPS) is 15.1. The number of hydrogen-bond donors (Lipinski definition) is 3. The largest absolute Gasteiger partial charge is 0.438 e. The topological polar surface area (TPSA) is 118 Å². The molecule has 0 unspecified atom stereocenters. The summed E-state index contributed by atoms with van der Waals surface area (Å²) in [6, 6.07) is 7.11. The Morgan fingerprint density at radius 3 is 2.48 bits per heavy atom. The standard InChI is InChI=1S/C19H22ClN3O5S/c1-21-29(26,27)17-10-9-16(28-17)19(25)23-13-7-8-15(20)14(11-13)18(24)22-12-5-3-2-4-6-12/h7-12,21H,2-6H2,1H3,(H,22,24)(H,23,25). The number of nitrogens with one attached hydrogen (secondary N) is 3. The van der Waals surface area contributed by atoms with Crippen molar-refractivity contribution in [2.75, 3.05) is 12.4 Å². The molecule has 0 radical (unpaired) electrons. The fourth-order valence-corrected chi connectivity index (χ4v) is 4.02. The van der Waals surface area contributed by atoms with Crippen LogP contribution in [0.15, 0.2) is 39.8 Å². The molecule has 0 aliphatic heterocycles. The van der Waals surface area contributed by atoms with Crippen LogP contribution in [0.1, 0.15) is 53.0 Å². The van der Waals surface area contributed by atoms with Crippen molar-refractivity contribution in [2.45, 2.75) is 43.2 Å². The predicted molar refractivity (Wildman–Crippen MR) is 109 cm³/mol. The van der Waals surface area contributed by atoms with E-state index in [2.05, 4.69) is 15.4 Å². The lowest BCUT2D eigenvalue weighted by molar-refractivity contribution is 0.0926. The molecule has 2 amide bonds. The summed E-state index contributed by atoms with van der Waals surface area (Å²) in [5.74, 6) is -1.12. The van der Waals surface area contributed by atoms with E-state index in [1.807, 2.05) is 0 Å². The summed E-state index contributed by atoms with van der Waals surface area (Å²) in [5, 5.41) is 5.47. The minimum Gasteiger partial charge on any atom is -0.438 e. The van der Waals surface area contributed by atoms with Crippen LogP contribution in [0.25, 0.3) is 0 Å². The van der Waals surface area contributed by atoms with E-state index in [0.717, 1.165) is 25.7 Å². The van der Waals surface area contributed by atoms with Crippen molar-refractivity contribution in [3.63, 3.8) is 0 Å². The van der Waals surface area contributed by atoms with Crippen molar-refractivity contribution in [1.82, 2.24) is 10.0 Å². The zero-order valence-electron chi connectivity index (χ0n) is 15.8. The Labute approximate surface area is 174 Å². The average molecular weight is 440 g/mol. The minimum atomic E-state index is -3.79. The summed E-state index contributed by atoms with van der Waals surface area (Å²) in [4.78, 5) is 25.0. The van der Waals surface area contributed by atoms with E-state index in [-0.39, 0.29) is 33.4 Å². The van der Waals surface area contributed by atoms with Gasteiger partial charge in [-0.3, -0.25) is 9.59 Å². The number of carbonyl (C=O) groups is 2. The number of hydrogen-bond acceptors (Lipinski definition) is 5. The maximum atomic E-state index is 12.6. The van der Waals surface area contributed by atoms with Gasteiger partial charge in [0.15, 0.2) is 5.76 Å². The molecule has 1 aromatic heterocycles. The fraction of sp³-hybridized carbons (Fsp3) is 0.368. The third kappa shape index (κ3) is 5.17. The molecule has 10 heteroatoms. The van der Waals surface area contributed by atoms with Crippen LogP contribution in [0.2, 0.25) is 5.02 Å². The van der Waals surface area contributed by atoms with Crippen molar-refractivity contribution in [2.24, 2.45) is 0 Å². The Hall–Kier alpha value is -2.36. The minimum absolute atomic E-state index is 0.126. The van der Waals surface area contributed by atoms with Crippen LogP contribution in [0.5, 0.6) is 0 Å². The summed E-state index contributed by atoms with van der Waals surface area (Å²) >= 11 is 6.17. The summed E-state index contributed by atoms with van der Waals surface area (Å²) < 4.78 is 30.7. The molecule has 1 saturated carbocycles. The molecule has 0 saturated heterocycles. The Balaban J connectivity index is 1.72. The van der Waals surface area contributed by atoms with E-state index in [9.17, 15) is 18.0 Å². The second-order valence-corrected chi connectivity index (χ2v) is 9.01. The van der Waals surface area contributed by atoms with Crippen LogP contribution in [0, 0.1) is 0 Å². The van der Waals surface area contributed by atoms with Crippen molar-refractivity contribution in [3.8, 4) is 0 Å². The summed E-state index contributed by atoms with van der Waals surface area (Å²) in [5.41, 5.74) is 0.593. The zero-order chi connectivity index (χ0) is 21.0. The molecule has 1 aliphatic carbocycles. The van der Waals surface area contributed by atoms with Crippen LogP contribution in [-0.4, -0.2) is 33.3 Å². The van der Waals surface area contributed by atoms with Crippen molar-refractivity contribution >= 4 is 39.1 Å². The van der Waals surface area contributed by atoms with Crippen LogP contribution < -0.4 is 15.4 Å². The number of amides is 2. The first-order valence-electron chi connectivity index (χ1n) is 9.25. The number of sulfonamides is 1. The molecule has 0 atom stereocenters. The van der Waals surface area contributed by atoms with Gasteiger partial charge >= 0.3 is 0 Å². The second-order valence-electron chi connectivity index (χ2n) is 6.78. The van der Waals surface area contributed by atoms with Gasteiger partial charge in [0.2, 0.25) is 5.09 Å². The highest BCUT2D eigenvalue weighted by atomic mass is 35.5. The van der Waals surface area contributed by atoms with E-state index in [1.54, 1.807) is 6.07 Å². The van der Waals surface area contributed by atoms with Crippen LogP contribution >= 0.6 is 11.6 Å². The fourth-order valence-electron chi connectivity index (χ4n) is 3.17. The number of rotatable bonds is 6. The smallest absolute Gasteiger partial charge is 0.291 e. The van der Waals surface area contributed by atoms with Crippen molar-refractivity contribution in [1.29, 1.82) is 0 Å². The molecule has 1 aromatic carbocycles. The van der Waals surface area contributed by atoms with Crippen LogP contribution in [0.4, 0.5) is 5.69 Å². The molecule has 29 heavy (non-hydrogen) atoms. The SMILES string of the molecule is CNS(=O)(=O)c1ccc(C(=O)Nc2ccc(Cl)c(C(=O)NC3CCCCC3)c2)o1. The van der Waals surface area contributed by atoms with Gasteiger partial charge in [-0.15, -0.1) is 0 Å². The zero-order valence-corrected chi connectivity index (χ0v) is 17.4. The summed E-state index contributed by atoms with van der Waals surface area (Å²) in [6.07, 6.45) is 5.23. The molecular formula is C19H22ClN3O5S. The first-order valence-corrected chi connectivity index (χ1v) is 11.1. The molecule has 1 fully saturated rings. The molecule has 0 spiro atoms. The van der Waals surface area contributed by atoms with Gasteiger partial charge in [-0.1, -0.05) is 30.9 Å². The first-order chi connectivity index (χ1) is 13.8. The molecular weight excluding hydrogens is 418 g/mol. The predicted octanol–water partition coefficient (Wildman–Crippen LogP) is 3.16. The molecule has 3 rings (SSSR count). The molecule has 1 aliphatic rings. The van der Waals surface area contributed by atoms with Gasteiger partial charge in [-0.2, -0.15) is 0 Å². The highest BCUT2D eigenvalue weighted by Crippen LogP contribution is 2.23. The van der Waals surface area contributed by atoms with E-state index < -0.39 is 15.9 Å². The Morgan fingerprint density at radius 2 is 1.79 bits per heavy atom. The third-order valence-corrected chi connectivity index (χ3v) is 6.36. The van der Waals surface area contributed by atoms with E-state index in [4.69, 9.17) is 16.0 Å². The second kappa shape index (κ2) is 8.98. The lowest BCUT2D eigenvalue weighted by Crippen LogP contribution is -2.36. The number of anilines is 1. The highest BCUT2D eigenvalue weighted by molar-refractivity contribution is 7.89. The Morgan fingerprint density at radius 1 is 1.07 bits per heavy atom. The lowest BCUT2D eigenvalue weighted by Gasteiger charge is -2.23. The maximum Gasteiger partial charge on any atom is 0.291 e. The molecule has 3 N–H and O–H groups in total. The number of carbonyl (C=O) groups excluding carboxylic acids is 2. The summed E-state index contributed by atoms with van der Waals surface area (Å²) in [7, 11) is -2.55. The molecule has 2 aromatic rings. The number of halogens is 1. The van der Waals surface area contributed by atoms with E-state index in [1.165, 1.54) is 37.7 Å². The van der Waals surface area contributed by atoms with Crippen LogP contribution in [0.3, 0.4) is 0 Å².